The molecule has 20 heavy (non-hydrogen) atoms. The Kier molecular flexibility index (Phi) is 6.75. The minimum atomic E-state index is 0. The van der Waals surface area contributed by atoms with Crippen LogP contribution in [-0.4, -0.2) is 37.1 Å². The fourth-order valence-electron chi connectivity index (χ4n) is 2.13. The Bertz CT molecular complexity index is 416. The zero-order valence-corrected chi connectivity index (χ0v) is 12.9. The monoisotopic (exact) mass is 298 g/mol. The van der Waals surface area contributed by atoms with Crippen molar-refractivity contribution in [2.24, 2.45) is 5.92 Å². The van der Waals surface area contributed by atoms with Gasteiger partial charge in [-0.3, -0.25) is 4.79 Å². The molecule has 1 saturated heterocycles. The van der Waals surface area contributed by atoms with Crippen molar-refractivity contribution < 1.29 is 4.79 Å². The Hall–Kier alpha value is -1.33. The van der Waals surface area contributed by atoms with Crippen LogP contribution in [-0.2, 0) is 4.79 Å². The summed E-state index contributed by atoms with van der Waals surface area (Å²) in [5.41, 5.74) is 1.11. The first-order valence-electron chi connectivity index (χ1n) is 6.86. The summed E-state index contributed by atoms with van der Waals surface area (Å²) in [7, 11) is 0. The van der Waals surface area contributed by atoms with Crippen LogP contribution < -0.4 is 15.5 Å². The van der Waals surface area contributed by atoms with Crippen molar-refractivity contribution in [2.45, 2.75) is 20.3 Å². The van der Waals surface area contributed by atoms with Crippen molar-refractivity contribution in [3.63, 3.8) is 0 Å². The molecular weight excluding hydrogens is 276 g/mol. The fourth-order valence-corrected chi connectivity index (χ4v) is 2.13. The van der Waals surface area contributed by atoms with E-state index < -0.39 is 0 Å². The highest BCUT2D eigenvalue weighted by atomic mass is 35.5. The zero-order chi connectivity index (χ0) is 13.7. The smallest absolute Gasteiger partial charge is 0.225 e. The Morgan fingerprint density at radius 3 is 2.65 bits per heavy atom. The van der Waals surface area contributed by atoms with Gasteiger partial charge in [0.1, 0.15) is 5.82 Å². The van der Waals surface area contributed by atoms with Crippen molar-refractivity contribution in [1.29, 1.82) is 0 Å². The van der Waals surface area contributed by atoms with Crippen LogP contribution in [0.25, 0.3) is 0 Å². The molecule has 2 N–H and O–H groups in total. The summed E-state index contributed by atoms with van der Waals surface area (Å²) in [4.78, 5) is 18.2. The average Bonchev–Trinajstić information content (AvgIpc) is 2.39. The molecule has 1 fully saturated rings. The molecule has 0 saturated carbocycles. The molecule has 1 aliphatic rings. The molecule has 0 aromatic carbocycles. The van der Waals surface area contributed by atoms with E-state index >= 15 is 0 Å². The van der Waals surface area contributed by atoms with Crippen LogP contribution >= 0.6 is 12.4 Å². The predicted octanol–water partition coefficient (Wildman–Crippen LogP) is 1.90. The molecule has 6 heteroatoms. The maximum absolute atomic E-state index is 11.6. The van der Waals surface area contributed by atoms with Crippen molar-refractivity contribution in [3.8, 4) is 0 Å². The van der Waals surface area contributed by atoms with Gasteiger partial charge in [0.2, 0.25) is 5.91 Å². The van der Waals surface area contributed by atoms with Gasteiger partial charge in [-0.25, -0.2) is 4.98 Å². The van der Waals surface area contributed by atoms with Crippen LogP contribution in [0.1, 0.15) is 20.3 Å². The molecule has 0 radical (unpaired) electrons. The summed E-state index contributed by atoms with van der Waals surface area (Å²) in [5.74, 6) is 1.02. The van der Waals surface area contributed by atoms with E-state index in [1.807, 2.05) is 32.2 Å². The lowest BCUT2D eigenvalue weighted by Crippen LogP contribution is -2.43. The molecule has 2 rings (SSSR count). The van der Waals surface area contributed by atoms with Gasteiger partial charge >= 0.3 is 0 Å². The summed E-state index contributed by atoms with van der Waals surface area (Å²) in [6.07, 6.45) is 2.36. The lowest BCUT2D eigenvalue weighted by molar-refractivity contribution is -0.116. The Labute approximate surface area is 126 Å². The first kappa shape index (κ1) is 16.7. The third-order valence-electron chi connectivity index (χ3n) is 3.09. The topological polar surface area (TPSA) is 57.3 Å². The third-order valence-corrected chi connectivity index (χ3v) is 3.09. The molecular formula is C14H23ClN4O. The summed E-state index contributed by atoms with van der Waals surface area (Å²) < 4.78 is 0. The Morgan fingerprint density at radius 2 is 2.10 bits per heavy atom. The number of nitrogens with zero attached hydrogens (tertiary/aromatic N) is 2. The summed E-state index contributed by atoms with van der Waals surface area (Å²) in [6, 6.07) is 3.89. The van der Waals surface area contributed by atoms with Crippen molar-refractivity contribution in [2.75, 3.05) is 36.4 Å². The van der Waals surface area contributed by atoms with Gasteiger partial charge < -0.3 is 15.5 Å². The molecule has 1 aromatic heterocycles. The number of pyridine rings is 1. The summed E-state index contributed by atoms with van der Waals surface area (Å²) >= 11 is 0. The average molecular weight is 299 g/mol. The van der Waals surface area contributed by atoms with E-state index in [-0.39, 0.29) is 18.3 Å². The molecule has 112 valence electrons. The lowest BCUT2D eigenvalue weighted by Gasteiger charge is -2.29. The summed E-state index contributed by atoms with van der Waals surface area (Å²) in [6.45, 7) is 8.07. The van der Waals surface area contributed by atoms with E-state index in [0.717, 1.165) is 31.9 Å². The molecule has 1 aromatic rings. The van der Waals surface area contributed by atoms with Gasteiger partial charge in [-0.1, -0.05) is 13.8 Å². The first-order valence-corrected chi connectivity index (χ1v) is 6.86. The van der Waals surface area contributed by atoms with E-state index in [1.165, 1.54) is 0 Å². The Balaban J connectivity index is 0.00000200. The highest BCUT2D eigenvalue weighted by Gasteiger charge is 2.11. The largest absolute Gasteiger partial charge is 0.368 e. The van der Waals surface area contributed by atoms with Gasteiger partial charge in [-0.2, -0.15) is 0 Å². The lowest BCUT2D eigenvalue weighted by atomic mass is 10.1. The molecule has 0 bridgehead atoms. The quantitative estimate of drug-likeness (QED) is 0.891. The Morgan fingerprint density at radius 1 is 1.40 bits per heavy atom. The van der Waals surface area contributed by atoms with E-state index in [0.29, 0.717) is 18.2 Å². The maximum Gasteiger partial charge on any atom is 0.225 e. The maximum atomic E-state index is 11.6. The first-order chi connectivity index (χ1) is 9.15. The van der Waals surface area contributed by atoms with Gasteiger partial charge in [0.15, 0.2) is 0 Å². The second-order valence-corrected chi connectivity index (χ2v) is 5.28. The molecule has 2 heterocycles. The van der Waals surface area contributed by atoms with Crippen LogP contribution in [0.2, 0.25) is 0 Å². The minimum absolute atomic E-state index is 0. The number of carbonyl (C=O) groups is 1. The van der Waals surface area contributed by atoms with Crippen molar-refractivity contribution in [1.82, 2.24) is 10.3 Å². The number of halogens is 1. The normalized spacial score (nSPS) is 14.8. The fraction of sp³-hybridized carbons (Fsp3) is 0.571. The van der Waals surface area contributed by atoms with E-state index in [1.54, 1.807) is 0 Å². The predicted molar refractivity (Wildman–Crippen MR) is 84.7 cm³/mol. The standard InChI is InChI=1S/C14H22N4O.ClH/c1-11(2)9-14(19)17-13-4-3-12(10-16-13)18-7-5-15-6-8-18;/h3-4,10-11,15H,5-9H2,1-2H3,(H,16,17,19);1H. The number of hydrogen-bond acceptors (Lipinski definition) is 4. The van der Waals surface area contributed by atoms with Gasteiger partial charge in [0.05, 0.1) is 11.9 Å². The van der Waals surface area contributed by atoms with Crippen LogP contribution in [0.5, 0.6) is 0 Å². The highest BCUT2D eigenvalue weighted by molar-refractivity contribution is 5.89. The second-order valence-electron chi connectivity index (χ2n) is 5.28. The number of carbonyl (C=O) groups excluding carboxylic acids is 1. The molecule has 5 nitrogen and oxygen atoms in total. The third kappa shape index (κ3) is 4.98. The number of piperazine rings is 1. The van der Waals surface area contributed by atoms with E-state index in [9.17, 15) is 4.79 Å². The van der Waals surface area contributed by atoms with Crippen LogP contribution in [0, 0.1) is 5.92 Å². The molecule has 0 atom stereocenters. The molecule has 0 aliphatic carbocycles. The van der Waals surface area contributed by atoms with Crippen LogP contribution in [0.15, 0.2) is 18.3 Å². The SMILES string of the molecule is CC(C)CC(=O)Nc1ccc(N2CCNCC2)cn1.Cl. The zero-order valence-electron chi connectivity index (χ0n) is 12.1. The van der Waals surface area contributed by atoms with Gasteiger partial charge in [0, 0.05) is 32.6 Å². The van der Waals surface area contributed by atoms with E-state index in [2.05, 4.69) is 20.5 Å². The van der Waals surface area contributed by atoms with Crippen molar-refractivity contribution >= 4 is 29.8 Å². The molecule has 1 amide bonds. The van der Waals surface area contributed by atoms with E-state index in [4.69, 9.17) is 0 Å². The number of amides is 1. The second kappa shape index (κ2) is 8.07. The number of anilines is 2. The molecule has 0 spiro atoms. The van der Waals surface area contributed by atoms with Crippen molar-refractivity contribution in [3.05, 3.63) is 18.3 Å². The van der Waals surface area contributed by atoms with Gasteiger partial charge in [0.25, 0.3) is 0 Å². The molecule has 0 unspecified atom stereocenters. The van der Waals surface area contributed by atoms with Crippen LogP contribution in [0.3, 0.4) is 0 Å². The van der Waals surface area contributed by atoms with Gasteiger partial charge in [-0.05, 0) is 18.1 Å². The van der Waals surface area contributed by atoms with Gasteiger partial charge in [-0.15, -0.1) is 12.4 Å². The van der Waals surface area contributed by atoms with Crippen LogP contribution in [0.4, 0.5) is 11.5 Å². The summed E-state index contributed by atoms with van der Waals surface area (Å²) in [5, 5.41) is 6.14. The number of nitrogens with one attached hydrogen (secondary N) is 2. The number of hydrogen-bond donors (Lipinski definition) is 2. The molecule has 1 aliphatic heterocycles. The number of rotatable bonds is 4. The number of aromatic nitrogens is 1. The minimum Gasteiger partial charge on any atom is -0.368 e. The highest BCUT2D eigenvalue weighted by Crippen LogP contribution is 2.16.